The van der Waals surface area contributed by atoms with Crippen molar-refractivity contribution in [1.82, 2.24) is 4.57 Å². The highest BCUT2D eigenvalue weighted by Crippen LogP contribution is 2.38. The Morgan fingerprint density at radius 1 is 1.09 bits per heavy atom. The van der Waals surface area contributed by atoms with Gasteiger partial charge in [-0.1, -0.05) is 53.4 Å². The minimum absolute atomic E-state index is 0.0978. The Morgan fingerprint density at radius 3 is 2.67 bits per heavy atom. The highest BCUT2D eigenvalue weighted by Gasteiger charge is 2.27. The molecule has 1 aromatic heterocycles. The lowest BCUT2D eigenvalue weighted by Crippen LogP contribution is -2.22. The van der Waals surface area contributed by atoms with Crippen LogP contribution >= 0.6 is 15.9 Å². The number of ether oxygens (including phenoxy) is 1. The number of aryl methyl sites for hydroxylation is 1. The van der Waals surface area contributed by atoms with Crippen LogP contribution in [0.1, 0.15) is 51.0 Å². The molecule has 7 heteroatoms. The molecule has 0 fully saturated rings. The van der Waals surface area contributed by atoms with Gasteiger partial charge in [0.2, 0.25) is 0 Å². The first kappa shape index (κ1) is 23.2. The van der Waals surface area contributed by atoms with Crippen LogP contribution in [-0.2, 0) is 20.9 Å². The molecule has 1 N–H and O–H groups in total. The number of carbonyl (C=O) groups is 2. The van der Waals surface area contributed by atoms with Crippen molar-refractivity contribution in [1.29, 1.82) is 0 Å². The van der Waals surface area contributed by atoms with E-state index in [-0.39, 0.29) is 17.8 Å². The van der Waals surface area contributed by atoms with Crippen LogP contribution in [0.4, 0.5) is 0 Å². The number of aromatic nitrogens is 1. The molecule has 0 radical (unpaired) electrons. The molecule has 2 heterocycles. The molecule has 2 aromatic carbocycles. The SMILES string of the molecule is CCOC(=O)CCCCCCCn1c(O)c(C2=c3ccccc3=NC2=O)c2cc(Br)ccc21. The number of unbranched alkanes of at least 4 members (excludes halogenated alkanes) is 4. The van der Waals surface area contributed by atoms with Crippen molar-refractivity contribution in [3.8, 4) is 5.88 Å². The third kappa shape index (κ3) is 4.88. The number of para-hydroxylation sites is 1. The molecule has 0 saturated heterocycles. The second-order valence-electron chi connectivity index (χ2n) is 8.14. The van der Waals surface area contributed by atoms with Crippen LogP contribution in [0.3, 0.4) is 0 Å². The summed E-state index contributed by atoms with van der Waals surface area (Å²) in [5.41, 5.74) is 1.88. The van der Waals surface area contributed by atoms with E-state index in [1.165, 1.54) is 0 Å². The summed E-state index contributed by atoms with van der Waals surface area (Å²) in [6.45, 7) is 2.88. The fraction of sp³-hybridized carbons (Fsp3) is 0.346. The van der Waals surface area contributed by atoms with Gasteiger partial charge >= 0.3 is 5.97 Å². The van der Waals surface area contributed by atoms with E-state index < -0.39 is 0 Å². The van der Waals surface area contributed by atoms with Crippen molar-refractivity contribution in [3.63, 3.8) is 0 Å². The molecule has 1 aliphatic rings. The zero-order chi connectivity index (χ0) is 23.4. The maximum Gasteiger partial charge on any atom is 0.305 e. The van der Waals surface area contributed by atoms with Crippen molar-refractivity contribution >= 4 is 44.3 Å². The lowest BCUT2D eigenvalue weighted by atomic mass is 10.0. The van der Waals surface area contributed by atoms with Crippen LogP contribution < -0.4 is 10.6 Å². The molecular weight excluding hydrogens is 484 g/mol. The number of carbonyl (C=O) groups excluding carboxylic acids is 2. The Hall–Kier alpha value is -2.93. The van der Waals surface area contributed by atoms with Crippen LogP contribution in [0, 0.1) is 0 Å². The minimum Gasteiger partial charge on any atom is -0.494 e. The van der Waals surface area contributed by atoms with Gasteiger partial charge in [-0.25, -0.2) is 4.99 Å². The Balaban J connectivity index is 1.54. The first-order chi connectivity index (χ1) is 16.0. The van der Waals surface area contributed by atoms with Crippen LogP contribution in [0.25, 0.3) is 16.5 Å². The molecule has 0 spiro atoms. The van der Waals surface area contributed by atoms with Crippen LogP contribution in [0.5, 0.6) is 5.88 Å². The molecule has 0 bridgehead atoms. The average molecular weight is 511 g/mol. The fourth-order valence-electron chi connectivity index (χ4n) is 4.39. The molecule has 6 nitrogen and oxygen atoms in total. The largest absolute Gasteiger partial charge is 0.494 e. The van der Waals surface area contributed by atoms with E-state index in [0.29, 0.717) is 36.1 Å². The standard InChI is InChI=1S/C26H27BrN2O4/c1-2-33-22(30)12-6-4-3-5-9-15-29-21-14-13-17(27)16-19(21)24(26(29)32)23-18-10-7-8-11-20(18)28-25(23)31/h7-8,10-11,13-14,16,32H,2-6,9,12,15H2,1H3. The van der Waals surface area contributed by atoms with Gasteiger partial charge < -0.3 is 14.4 Å². The van der Waals surface area contributed by atoms with Crippen LogP contribution in [0.15, 0.2) is 51.9 Å². The van der Waals surface area contributed by atoms with E-state index in [4.69, 9.17) is 4.74 Å². The lowest BCUT2D eigenvalue weighted by molar-refractivity contribution is -0.143. The van der Waals surface area contributed by atoms with Crippen LogP contribution in [-0.4, -0.2) is 28.2 Å². The number of aromatic hydroxyl groups is 1. The predicted molar refractivity (Wildman–Crippen MR) is 130 cm³/mol. The number of nitrogens with zero attached hydrogens (tertiary/aromatic N) is 2. The normalized spacial score (nSPS) is 12.8. The molecule has 0 unspecified atom stereocenters. The second kappa shape index (κ2) is 10.3. The minimum atomic E-state index is -0.327. The molecule has 4 rings (SSSR count). The van der Waals surface area contributed by atoms with Crippen molar-refractivity contribution in [2.45, 2.75) is 52.0 Å². The summed E-state index contributed by atoms with van der Waals surface area (Å²) in [5.74, 6) is -0.361. The Morgan fingerprint density at radius 2 is 1.85 bits per heavy atom. The number of fused-ring (bicyclic) bond motifs is 2. The predicted octanol–water partition coefficient (Wildman–Crippen LogP) is 4.37. The molecule has 1 aliphatic heterocycles. The smallest absolute Gasteiger partial charge is 0.305 e. The first-order valence-electron chi connectivity index (χ1n) is 11.4. The number of hydrogen-bond acceptors (Lipinski definition) is 4. The van der Waals surface area contributed by atoms with Gasteiger partial charge in [0.15, 0.2) is 5.88 Å². The highest BCUT2D eigenvalue weighted by molar-refractivity contribution is 9.10. The zero-order valence-corrected chi connectivity index (χ0v) is 20.2. The topological polar surface area (TPSA) is 80.9 Å². The number of benzene rings is 2. The number of rotatable bonds is 10. The number of amides is 1. The zero-order valence-electron chi connectivity index (χ0n) is 18.6. The van der Waals surface area contributed by atoms with Crippen molar-refractivity contribution in [3.05, 3.63) is 63.1 Å². The van der Waals surface area contributed by atoms with Gasteiger partial charge in [0.1, 0.15) is 0 Å². The number of esters is 1. The van der Waals surface area contributed by atoms with E-state index in [0.717, 1.165) is 52.7 Å². The quantitative estimate of drug-likeness (QED) is 0.324. The summed E-state index contributed by atoms with van der Waals surface area (Å²) in [6.07, 6.45) is 5.16. The second-order valence-corrected chi connectivity index (χ2v) is 9.06. The maximum atomic E-state index is 12.8. The van der Waals surface area contributed by atoms with Gasteiger partial charge in [0, 0.05) is 28.0 Å². The molecule has 0 atom stereocenters. The summed E-state index contributed by atoms with van der Waals surface area (Å²) in [6, 6.07) is 13.3. The average Bonchev–Trinajstić information content (AvgIpc) is 3.25. The van der Waals surface area contributed by atoms with E-state index >= 15 is 0 Å². The first-order valence-corrected chi connectivity index (χ1v) is 12.2. The van der Waals surface area contributed by atoms with Gasteiger partial charge in [-0.05, 0) is 44.0 Å². The van der Waals surface area contributed by atoms with Crippen molar-refractivity contribution in [2.75, 3.05) is 6.61 Å². The third-order valence-electron chi connectivity index (χ3n) is 5.93. The molecule has 172 valence electrons. The summed E-state index contributed by atoms with van der Waals surface area (Å²) < 4.78 is 7.72. The van der Waals surface area contributed by atoms with E-state index in [2.05, 4.69) is 20.9 Å². The van der Waals surface area contributed by atoms with Crippen molar-refractivity contribution < 1.29 is 19.4 Å². The molecule has 0 aliphatic carbocycles. The molecule has 3 aromatic rings. The summed E-state index contributed by atoms with van der Waals surface area (Å²) in [7, 11) is 0. The number of halogens is 1. The summed E-state index contributed by atoms with van der Waals surface area (Å²) in [4.78, 5) is 28.4. The Labute approximate surface area is 200 Å². The van der Waals surface area contributed by atoms with Gasteiger partial charge in [0.05, 0.1) is 28.6 Å². The lowest BCUT2D eigenvalue weighted by Gasteiger charge is -2.08. The van der Waals surface area contributed by atoms with Gasteiger partial charge in [-0.3, -0.25) is 9.59 Å². The van der Waals surface area contributed by atoms with E-state index in [1.54, 1.807) is 0 Å². The van der Waals surface area contributed by atoms with Gasteiger partial charge in [-0.2, -0.15) is 0 Å². The fourth-order valence-corrected chi connectivity index (χ4v) is 4.75. The van der Waals surface area contributed by atoms with E-state index in [9.17, 15) is 14.7 Å². The van der Waals surface area contributed by atoms with E-state index in [1.807, 2.05) is 54.0 Å². The summed E-state index contributed by atoms with van der Waals surface area (Å²) >= 11 is 3.52. The maximum absolute atomic E-state index is 12.8. The van der Waals surface area contributed by atoms with Gasteiger partial charge in [-0.15, -0.1) is 0 Å². The molecule has 33 heavy (non-hydrogen) atoms. The third-order valence-corrected chi connectivity index (χ3v) is 6.42. The van der Waals surface area contributed by atoms with Crippen LogP contribution in [0.2, 0.25) is 0 Å². The van der Waals surface area contributed by atoms with Gasteiger partial charge in [0.25, 0.3) is 5.91 Å². The van der Waals surface area contributed by atoms with Crippen molar-refractivity contribution in [2.24, 2.45) is 4.99 Å². The molecular formula is C26H27BrN2O4. The monoisotopic (exact) mass is 510 g/mol. The Kier molecular flexibility index (Phi) is 7.28. The Bertz CT molecular complexity index is 1330. The molecule has 1 amide bonds. The number of hydrogen-bond donors (Lipinski definition) is 1. The molecule has 0 saturated carbocycles. The highest BCUT2D eigenvalue weighted by atomic mass is 79.9. The summed E-state index contributed by atoms with van der Waals surface area (Å²) in [5, 5.41) is 13.5.